The maximum absolute atomic E-state index is 10.0. The molecule has 136 valence electrons. The second-order valence-corrected chi connectivity index (χ2v) is 6.42. The quantitative estimate of drug-likeness (QED) is 0.381. The van der Waals surface area contributed by atoms with E-state index >= 15 is 0 Å². The molecule has 0 radical (unpaired) electrons. The molecule has 7 nitrogen and oxygen atoms in total. The van der Waals surface area contributed by atoms with Crippen molar-refractivity contribution in [3.63, 3.8) is 0 Å². The van der Waals surface area contributed by atoms with Gasteiger partial charge < -0.3 is 35.0 Å². The molecule has 0 saturated carbocycles. The highest BCUT2D eigenvalue weighted by Gasteiger charge is 2.43. The fraction of sp³-hybridized carbons (Fsp3) is 0.875. The van der Waals surface area contributed by atoms with Crippen LogP contribution in [0, 0.1) is 5.92 Å². The smallest absolute Gasteiger partial charge is 0.186 e. The lowest BCUT2D eigenvalue weighted by atomic mass is 9.97. The lowest BCUT2D eigenvalue weighted by Crippen LogP contribution is -2.59. The molecule has 0 aromatic carbocycles. The van der Waals surface area contributed by atoms with E-state index in [4.69, 9.17) is 14.6 Å². The van der Waals surface area contributed by atoms with Gasteiger partial charge in [-0.15, -0.1) is 0 Å². The van der Waals surface area contributed by atoms with E-state index in [2.05, 4.69) is 0 Å². The maximum atomic E-state index is 10.0. The van der Waals surface area contributed by atoms with E-state index < -0.39 is 43.4 Å². The number of hydrogen-bond donors (Lipinski definition) is 5. The molecule has 5 N–H and O–H groups in total. The first-order valence-electron chi connectivity index (χ1n) is 8.01. The Labute approximate surface area is 137 Å². The third-order valence-electron chi connectivity index (χ3n) is 4.13. The Hall–Kier alpha value is -0.540. The van der Waals surface area contributed by atoms with Crippen molar-refractivity contribution in [2.75, 3.05) is 13.2 Å². The highest BCUT2D eigenvalue weighted by atomic mass is 16.7. The zero-order valence-electron chi connectivity index (χ0n) is 14.0. The van der Waals surface area contributed by atoms with Gasteiger partial charge in [0.05, 0.1) is 19.3 Å². The van der Waals surface area contributed by atoms with Crippen molar-refractivity contribution in [2.24, 2.45) is 5.92 Å². The third-order valence-corrected chi connectivity index (χ3v) is 4.13. The van der Waals surface area contributed by atoms with Crippen LogP contribution < -0.4 is 0 Å². The van der Waals surface area contributed by atoms with Crippen molar-refractivity contribution in [3.8, 4) is 0 Å². The van der Waals surface area contributed by atoms with Crippen molar-refractivity contribution in [1.29, 1.82) is 0 Å². The normalized spacial score (nSPS) is 34.0. The fourth-order valence-corrected chi connectivity index (χ4v) is 2.36. The average molecular weight is 334 g/mol. The monoisotopic (exact) mass is 334 g/mol. The first-order valence-corrected chi connectivity index (χ1v) is 8.01. The maximum Gasteiger partial charge on any atom is 0.186 e. The lowest BCUT2D eigenvalue weighted by molar-refractivity contribution is -0.301. The summed E-state index contributed by atoms with van der Waals surface area (Å²) in [5, 5.41) is 48.3. The van der Waals surface area contributed by atoms with Crippen LogP contribution in [0.1, 0.15) is 33.6 Å². The first-order chi connectivity index (χ1) is 10.8. The molecule has 7 heteroatoms. The van der Waals surface area contributed by atoms with Gasteiger partial charge in [-0.05, 0) is 32.6 Å². The van der Waals surface area contributed by atoms with Gasteiger partial charge in [-0.3, -0.25) is 0 Å². The Kier molecular flexibility index (Phi) is 8.63. The summed E-state index contributed by atoms with van der Waals surface area (Å²) >= 11 is 0. The minimum Gasteiger partial charge on any atom is -0.394 e. The molecule has 7 atom stereocenters. The van der Waals surface area contributed by atoms with Crippen molar-refractivity contribution < 1.29 is 35.0 Å². The Bertz CT molecular complexity index is 367. The standard InChI is InChI=1S/C16H30O7/c1-9(2)4-5-11(18)10(3)6-7-22-16-15(21)14(20)13(19)12(8-17)23-16/h4,10-21H,5-8H2,1-3H3/t10-,11-,12+,13+,14-,15+,16+/m0/s1. The van der Waals surface area contributed by atoms with Gasteiger partial charge in [0.2, 0.25) is 0 Å². The van der Waals surface area contributed by atoms with Crippen LogP contribution in [0.3, 0.4) is 0 Å². The number of allylic oxidation sites excluding steroid dienone is 1. The molecule has 1 fully saturated rings. The number of rotatable bonds is 8. The molecule has 0 aromatic heterocycles. The SMILES string of the molecule is CC(C)=CC[C@H](O)[C@@H](C)CCO[C@@H]1O[C@H](CO)[C@@H](O)[C@H](O)[C@H]1O. The van der Waals surface area contributed by atoms with Gasteiger partial charge in [0.1, 0.15) is 24.4 Å². The molecule has 0 aliphatic carbocycles. The summed E-state index contributed by atoms with van der Waals surface area (Å²) in [5.74, 6) is -0.00418. The van der Waals surface area contributed by atoms with E-state index in [1.807, 2.05) is 26.8 Å². The Morgan fingerprint density at radius 1 is 1.17 bits per heavy atom. The van der Waals surface area contributed by atoms with Gasteiger partial charge in [-0.1, -0.05) is 18.6 Å². The largest absolute Gasteiger partial charge is 0.394 e. The second kappa shape index (κ2) is 9.68. The molecule has 0 unspecified atom stereocenters. The molecule has 1 rings (SSSR count). The highest BCUT2D eigenvalue weighted by Crippen LogP contribution is 2.22. The number of aliphatic hydroxyl groups excluding tert-OH is 5. The Morgan fingerprint density at radius 2 is 1.83 bits per heavy atom. The minimum atomic E-state index is -1.44. The molecular weight excluding hydrogens is 304 g/mol. The van der Waals surface area contributed by atoms with Gasteiger partial charge >= 0.3 is 0 Å². The van der Waals surface area contributed by atoms with Gasteiger partial charge in [0.25, 0.3) is 0 Å². The topological polar surface area (TPSA) is 120 Å². The number of aliphatic hydroxyl groups is 5. The van der Waals surface area contributed by atoms with Crippen molar-refractivity contribution in [1.82, 2.24) is 0 Å². The van der Waals surface area contributed by atoms with E-state index in [0.717, 1.165) is 5.57 Å². The van der Waals surface area contributed by atoms with Crippen LogP contribution in [0.2, 0.25) is 0 Å². The predicted molar refractivity (Wildman–Crippen MR) is 83.6 cm³/mol. The summed E-state index contributed by atoms with van der Waals surface area (Å²) < 4.78 is 10.7. The summed E-state index contributed by atoms with van der Waals surface area (Å²) in [6.45, 7) is 5.58. The summed E-state index contributed by atoms with van der Waals surface area (Å²) in [7, 11) is 0. The van der Waals surface area contributed by atoms with Gasteiger partial charge in [-0.2, -0.15) is 0 Å². The summed E-state index contributed by atoms with van der Waals surface area (Å²) in [6, 6.07) is 0. The molecule has 1 saturated heterocycles. The first kappa shape index (κ1) is 20.5. The molecule has 1 aliphatic heterocycles. The van der Waals surface area contributed by atoms with Gasteiger partial charge in [-0.25, -0.2) is 0 Å². The third kappa shape index (κ3) is 6.11. The summed E-state index contributed by atoms with van der Waals surface area (Å²) in [4.78, 5) is 0. The predicted octanol–water partition coefficient (Wildman–Crippen LogP) is -0.454. The fourth-order valence-electron chi connectivity index (χ4n) is 2.36. The Balaban J connectivity index is 2.40. The van der Waals surface area contributed by atoms with Gasteiger partial charge in [0.15, 0.2) is 6.29 Å². The molecular formula is C16H30O7. The average Bonchev–Trinajstić information content (AvgIpc) is 2.52. The van der Waals surface area contributed by atoms with E-state index in [1.54, 1.807) is 0 Å². The van der Waals surface area contributed by atoms with Crippen LogP contribution in [0.4, 0.5) is 0 Å². The highest BCUT2D eigenvalue weighted by molar-refractivity contribution is 4.94. The van der Waals surface area contributed by atoms with Gasteiger partial charge in [0, 0.05) is 0 Å². The second-order valence-electron chi connectivity index (χ2n) is 6.42. The van der Waals surface area contributed by atoms with Crippen molar-refractivity contribution in [2.45, 2.75) is 70.4 Å². The zero-order chi connectivity index (χ0) is 17.6. The molecule has 0 aromatic rings. The molecule has 0 bridgehead atoms. The minimum absolute atomic E-state index is 0.00418. The lowest BCUT2D eigenvalue weighted by Gasteiger charge is -2.39. The molecule has 0 amide bonds. The van der Waals surface area contributed by atoms with E-state index in [1.165, 1.54) is 0 Å². The molecule has 23 heavy (non-hydrogen) atoms. The van der Waals surface area contributed by atoms with Crippen LogP contribution in [0.25, 0.3) is 0 Å². The van der Waals surface area contributed by atoms with E-state index in [0.29, 0.717) is 12.8 Å². The van der Waals surface area contributed by atoms with Crippen LogP contribution in [0.15, 0.2) is 11.6 Å². The molecule has 1 heterocycles. The van der Waals surface area contributed by atoms with Crippen LogP contribution in [-0.4, -0.2) is 75.6 Å². The number of hydrogen-bond acceptors (Lipinski definition) is 7. The van der Waals surface area contributed by atoms with Crippen LogP contribution in [0.5, 0.6) is 0 Å². The zero-order valence-corrected chi connectivity index (χ0v) is 14.0. The number of ether oxygens (including phenoxy) is 2. The van der Waals surface area contributed by atoms with Crippen LogP contribution in [-0.2, 0) is 9.47 Å². The van der Waals surface area contributed by atoms with Crippen molar-refractivity contribution in [3.05, 3.63) is 11.6 Å². The Morgan fingerprint density at radius 3 is 2.39 bits per heavy atom. The van der Waals surface area contributed by atoms with E-state index in [-0.39, 0.29) is 12.5 Å². The van der Waals surface area contributed by atoms with E-state index in [9.17, 15) is 20.4 Å². The summed E-state index contributed by atoms with van der Waals surface area (Å²) in [6.07, 6.45) is -3.70. The molecule has 0 spiro atoms. The van der Waals surface area contributed by atoms with Crippen LogP contribution >= 0.6 is 0 Å². The van der Waals surface area contributed by atoms with Crippen molar-refractivity contribution >= 4 is 0 Å². The molecule has 1 aliphatic rings. The summed E-state index contributed by atoms with van der Waals surface area (Å²) in [5.41, 5.74) is 1.15.